The van der Waals surface area contributed by atoms with E-state index in [1.54, 1.807) is 24.3 Å². The van der Waals surface area contributed by atoms with Crippen LogP contribution in [-0.4, -0.2) is 56.6 Å². The Hall–Kier alpha value is -2.77. The smallest absolute Gasteiger partial charge is 0.251 e. The van der Waals surface area contributed by atoms with E-state index in [4.69, 9.17) is 0 Å². The number of nitrogens with zero attached hydrogens (tertiary/aromatic N) is 5. The second kappa shape index (κ2) is 7.67. The van der Waals surface area contributed by atoms with Crippen molar-refractivity contribution in [2.45, 2.75) is 25.7 Å². The van der Waals surface area contributed by atoms with Crippen LogP contribution in [0.3, 0.4) is 0 Å². The van der Waals surface area contributed by atoms with E-state index in [0.29, 0.717) is 25.1 Å². The molecule has 0 radical (unpaired) electrons. The predicted octanol–water partition coefficient (Wildman–Crippen LogP) is 0.795. The van der Waals surface area contributed by atoms with Gasteiger partial charge < -0.3 is 10.2 Å². The van der Waals surface area contributed by atoms with Crippen LogP contribution in [0, 0.1) is 0 Å². The van der Waals surface area contributed by atoms with Crippen molar-refractivity contribution in [2.75, 3.05) is 19.6 Å². The van der Waals surface area contributed by atoms with Crippen LogP contribution in [0.25, 0.3) is 5.69 Å². The van der Waals surface area contributed by atoms with E-state index in [0.717, 1.165) is 31.5 Å². The van der Waals surface area contributed by atoms with E-state index >= 15 is 0 Å². The molecule has 3 rings (SSSR count). The Morgan fingerprint density at radius 3 is 2.75 bits per heavy atom. The maximum Gasteiger partial charge on any atom is 0.251 e. The van der Waals surface area contributed by atoms with Crippen molar-refractivity contribution in [1.29, 1.82) is 0 Å². The molecule has 0 spiro atoms. The van der Waals surface area contributed by atoms with Gasteiger partial charge >= 0.3 is 0 Å². The molecule has 2 amide bonds. The van der Waals surface area contributed by atoms with Gasteiger partial charge in [0.2, 0.25) is 5.91 Å². The van der Waals surface area contributed by atoms with E-state index in [1.807, 2.05) is 4.90 Å². The van der Waals surface area contributed by atoms with Crippen LogP contribution >= 0.6 is 0 Å². The molecule has 1 fully saturated rings. The fourth-order valence-corrected chi connectivity index (χ4v) is 2.73. The molecule has 0 aliphatic carbocycles. The average Bonchev–Trinajstić information content (AvgIpc) is 3.07. The quantitative estimate of drug-likeness (QED) is 0.876. The largest absolute Gasteiger partial charge is 0.350 e. The number of tetrazole rings is 1. The highest BCUT2D eigenvalue weighted by molar-refractivity contribution is 5.94. The molecule has 1 aliphatic heterocycles. The molecule has 1 aromatic carbocycles. The van der Waals surface area contributed by atoms with Gasteiger partial charge in [-0.15, -0.1) is 5.10 Å². The van der Waals surface area contributed by atoms with Crippen molar-refractivity contribution in [1.82, 2.24) is 30.4 Å². The van der Waals surface area contributed by atoms with E-state index in [2.05, 4.69) is 20.8 Å². The lowest BCUT2D eigenvalue weighted by molar-refractivity contribution is -0.130. The van der Waals surface area contributed by atoms with Crippen LogP contribution in [0.2, 0.25) is 0 Å². The van der Waals surface area contributed by atoms with E-state index in [-0.39, 0.29) is 11.8 Å². The van der Waals surface area contributed by atoms with E-state index < -0.39 is 0 Å². The molecule has 0 unspecified atom stereocenters. The average molecular weight is 328 g/mol. The molecule has 1 saturated heterocycles. The van der Waals surface area contributed by atoms with Crippen molar-refractivity contribution in [3.05, 3.63) is 36.2 Å². The normalized spacial score (nSPS) is 15.2. The summed E-state index contributed by atoms with van der Waals surface area (Å²) in [5.74, 6) is 0.0353. The Balaban J connectivity index is 1.50. The number of carbonyl (C=O) groups is 2. The lowest BCUT2D eigenvalue weighted by atomic mass is 10.2. The number of hydrogen-bond donors (Lipinski definition) is 1. The van der Waals surface area contributed by atoms with Crippen LogP contribution in [0.4, 0.5) is 0 Å². The van der Waals surface area contributed by atoms with Gasteiger partial charge in [0.1, 0.15) is 6.33 Å². The SMILES string of the molecule is O=C(NCCN1CCCCCC1=O)c1ccc(-n2cnnn2)cc1. The maximum absolute atomic E-state index is 12.2. The topological polar surface area (TPSA) is 93.0 Å². The zero-order chi connectivity index (χ0) is 16.8. The first kappa shape index (κ1) is 16.1. The number of rotatable bonds is 5. The first-order valence-electron chi connectivity index (χ1n) is 8.13. The minimum absolute atomic E-state index is 0.152. The lowest BCUT2D eigenvalue weighted by Gasteiger charge is -2.20. The second-order valence-corrected chi connectivity index (χ2v) is 5.75. The van der Waals surface area contributed by atoms with Crippen LogP contribution < -0.4 is 5.32 Å². The third-order valence-electron chi connectivity index (χ3n) is 4.08. The van der Waals surface area contributed by atoms with Gasteiger partial charge in [-0.05, 0) is 47.5 Å². The molecule has 1 aliphatic rings. The molecule has 2 aromatic rings. The Morgan fingerprint density at radius 2 is 2.00 bits per heavy atom. The molecule has 24 heavy (non-hydrogen) atoms. The summed E-state index contributed by atoms with van der Waals surface area (Å²) in [4.78, 5) is 25.9. The highest BCUT2D eigenvalue weighted by Gasteiger charge is 2.16. The molecule has 0 bridgehead atoms. The third kappa shape index (κ3) is 3.95. The molecular formula is C16H20N6O2. The number of likely N-dealkylation sites (tertiary alicyclic amines) is 1. The lowest BCUT2D eigenvalue weighted by Crippen LogP contribution is -2.38. The van der Waals surface area contributed by atoms with Crippen molar-refractivity contribution in [2.24, 2.45) is 0 Å². The maximum atomic E-state index is 12.2. The summed E-state index contributed by atoms with van der Waals surface area (Å²) in [5, 5.41) is 13.8. The summed E-state index contributed by atoms with van der Waals surface area (Å²) in [6.45, 7) is 1.81. The molecular weight excluding hydrogens is 308 g/mol. The fourth-order valence-electron chi connectivity index (χ4n) is 2.73. The van der Waals surface area contributed by atoms with E-state index in [1.165, 1.54) is 11.0 Å². The molecule has 8 heteroatoms. The van der Waals surface area contributed by atoms with Gasteiger partial charge in [0, 0.05) is 31.6 Å². The Morgan fingerprint density at radius 1 is 1.17 bits per heavy atom. The standard InChI is InChI=1S/C16H20N6O2/c23-15-4-2-1-3-10-21(15)11-9-17-16(24)13-5-7-14(8-6-13)22-12-18-19-20-22/h5-8,12H,1-4,9-11H2,(H,17,24). The third-order valence-corrected chi connectivity index (χ3v) is 4.08. The van der Waals surface area contributed by atoms with Gasteiger partial charge in [0.15, 0.2) is 0 Å². The predicted molar refractivity (Wildman–Crippen MR) is 86.5 cm³/mol. The summed E-state index contributed by atoms with van der Waals surface area (Å²) in [7, 11) is 0. The molecule has 1 N–H and O–H groups in total. The fraction of sp³-hybridized carbons (Fsp3) is 0.438. The first-order valence-corrected chi connectivity index (χ1v) is 8.13. The molecule has 0 atom stereocenters. The number of nitrogens with one attached hydrogen (secondary N) is 1. The van der Waals surface area contributed by atoms with Gasteiger partial charge in [-0.1, -0.05) is 6.42 Å². The second-order valence-electron chi connectivity index (χ2n) is 5.75. The zero-order valence-electron chi connectivity index (χ0n) is 13.4. The summed E-state index contributed by atoms with van der Waals surface area (Å²) < 4.78 is 1.52. The van der Waals surface area contributed by atoms with E-state index in [9.17, 15) is 9.59 Å². The zero-order valence-corrected chi connectivity index (χ0v) is 13.4. The highest BCUT2D eigenvalue weighted by atomic mass is 16.2. The van der Waals surface area contributed by atoms with Gasteiger partial charge in [0.25, 0.3) is 5.91 Å². The molecule has 0 saturated carbocycles. The molecule has 8 nitrogen and oxygen atoms in total. The number of carbonyl (C=O) groups excluding carboxylic acids is 2. The number of amides is 2. The van der Waals surface area contributed by atoms with Gasteiger partial charge in [0.05, 0.1) is 5.69 Å². The van der Waals surface area contributed by atoms with Gasteiger partial charge in [-0.25, -0.2) is 4.68 Å². The monoisotopic (exact) mass is 328 g/mol. The summed E-state index contributed by atoms with van der Waals surface area (Å²) in [6.07, 6.45) is 5.22. The summed E-state index contributed by atoms with van der Waals surface area (Å²) in [5.41, 5.74) is 1.35. The van der Waals surface area contributed by atoms with Crippen molar-refractivity contribution < 1.29 is 9.59 Å². The Labute approximate surface area is 139 Å². The van der Waals surface area contributed by atoms with Crippen molar-refractivity contribution in [3.63, 3.8) is 0 Å². The minimum Gasteiger partial charge on any atom is -0.350 e. The molecule has 1 aromatic heterocycles. The number of hydrogen-bond acceptors (Lipinski definition) is 5. The first-order chi connectivity index (χ1) is 11.7. The molecule has 126 valence electrons. The van der Waals surface area contributed by atoms with Crippen molar-refractivity contribution >= 4 is 11.8 Å². The van der Waals surface area contributed by atoms with Crippen LogP contribution in [-0.2, 0) is 4.79 Å². The highest BCUT2D eigenvalue weighted by Crippen LogP contribution is 2.11. The van der Waals surface area contributed by atoms with Crippen LogP contribution in [0.15, 0.2) is 30.6 Å². The number of benzene rings is 1. The summed E-state index contributed by atoms with van der Waals surface area (Å²) >= 11 is 0. The Bertz CT molecular complexity index is 683. The van der Waals surface area contributed by atoms with Gasteiger partial charge in [-0.3, -0.25) is 9.59 Å². The van der Waals surface area contributed by atoms with Crippen molar-refractivity contribution in [3.8, 4) is 5.69 Å². The molecule has 2 heterocycles. The Kier molecular flexibility index (Phi) is 5.15. The van der Waals surface area contributed by atoms with Crippen LogP contribution in [0.1, 0.15) is 36.0 Å². The van der Waals surface area contributed by atoms with Crippen LogP contribution in [0.5, 0.6) is 0 Å². The summed E-state index contributed by atoms with van der Waals surface area (Å²) in [6, 6.07) is 7.01. The minimum atomic E-state index is -0.152. The number of aromatic nitrogens is 4. The van der Waals surface area contributed by atoms with Gasteiger partial charge in [-0.2, -0.15) is 0 Å².